The van der Waals surface area contributed by atoms with E-state index in [9.17, 15) is 4.79 Å². The van der Waals surface area contributed by atoms with Crippen LogP contribution in [0.4, 0.5) is 0 Å². The molecule has 0 fully saturated rings. The molecule has 0 bridgehead atoms. The van der Waals surface area contributed by atoms with E-state index in [1.807, 2.05) is 24.3 Å². The molecule has 4 heteroatoms. The van der Waals surface area contributed by atoms with Crippen molar-refractivity contribution in [3.8, 4) is 5.75 Å². The number of nitrogens with one attached hydrogen (secondary N) is 1. The molecular formula is C11H12N2O2. The summed E-state index contributed by atoms with van der Waals surface area (Å²) in [6.45, 7) is 0. The molecule has 1 aliphatic rings. The molecule has 15 heavy (non-hydrogen) atoms. The highest BCUT2D eigenvalue weighted by Gasteiger charge is 2.22. The number of hydrogen-bond acceptors (Lipinski definition) is 3. The van der Waals surface area contributed by atoms with E-state index in [0.717, 1.165) is 11.3 Å². The minimum Gasteiger partial charge on any atom is -0.497 e. The Morgan fingerprint density at radius 1 is 1.53 bits per heavy atom. The Labute approximate surface area is 87.9 Å². The van der Waals surface area contributed by atoms with Gasteiger partial charge in [-0.1, -0.05) is 12.1 Å². The Balaban J connectivity index is 2.28. The molecule has 0 radical (unpaired) electrons. The second-order valence-corrected chi connectivity index (χ2v) is 3.35. The van der Waals surface area contributed by atoms with Crippen molar-refractivity contribution in [1.82, 2.24) is 5.43 Å². The van der Waals surface area contributed by atoms with E-state index >= 15 is 0 Å². The molecule has 1 aromatic carbocycles. The van der Waals surface area contributed by atoms with E-state index in [1.54, 1.807) is 13.3 Å². The summed E-state index contributed by atoms with van der Waals surface area (Å²) in [4.78, 5) is 11.5. The number of carbonyl (C=O) groups is 1. The normalized spacial score (nSPS) is 19.8. The molecule has 1 aliphatic heterocycles. The average Bonchev–Trinajstić information content (AvgIpc) is 2.30. The Kier molecular flexibility index (Phi) is 2.67. The fourth-order valence-corrected chi connectivity index (χ4v) is 1.60. The van der Waals surface area contributed by atoms with Crippen LogP contribution in [0.1, 0.15) is 17.9 Å². The number of nitrogens with zero attached hydrogens (tertiary/aromatic N) is 1. The number of carbonyl (C=O) groups excluding carboxylic acids is 1. The minimum absolute atomic E-state index is 0.0641. The predicted octanol–water partition coefficient (Wildman–Crippen LogP) is 1.28. The molecule has 1 heterocycles. The standard InChI is InChI=1S/C11H12N2O2/c1-15-9-4-2-3-8(7-9)10-5-6-12-13-11(10)14/h2-4,6-7,10H,5H2,1H3,(H,13,14). The van der Waals surface area contributed by atoms with Gasteiger partial charge in [-0.25, -0.2) is 5.43 Å². The highest BCUT2D eigenvalue weighted by molar-refractivity contribution is 5.89. The van der Waals surface area contributed by atoms with Gasteiger partial charge >= 0.3 is 0 Å². The van der Waals surface area contributed by atoms with Crippen LogP contribution in [0.15, 0.2) is 29.4 Å². The number of methoxy groups -OCH3 is 1. The van der Waals surface area contributed by atoms with Crippen LogP contribution in [0.2, 0.25) is 0 Å². The van der Waals surface area contributed by atoms with Crippen LogP contribution in [0.3, 0.4) is 0 Å². The van der Waals surface area contributed by atoms with Gasteiger partial charge in [-0.2, -0.15) is 5.10 Å². The smallest absolute Gasteiger partial charge is 0.247 e. The minimum atomic E-state index is -0.155. The maximum Gasteiger partial charge on any atom is 0.247 e. The summed E-state index contributed by atoms with van der Waals surface area (Å²) in [6, 6.07) is 7.54. The zero-order valence-electron chi connectivity index (χ0n) is 8.43. The Bertz CT molecular complexity index is 401. The van der Waals surface area contributed by atoms with Crippen molar-refractivity contribution in [3.05, 3.63) is 29.8 Å². The highest BCUT2D eigenvalue weighted by Crippen LogP contribution is 2.24. The lowest BCUT2D eigenvalue weighted by molar-refractivity contribution is -0.122. The van der Waals surface area contributed by atoms with Crippen molar-refractivity contribution in [3.63, 3.8) is 0 Å². The summed E-state index contributed by atoms with van der Waals surface area (Å²) in [5.41, 5.74) is 3.41. The molecule has 1 N–H and O–H groups in total. The van der Waals surface area contributed by atoms with Crippen molar-refractivity contribution >= 4 is 12.1 Å². The van der Waals surface area contributed by atoms with E-state index in [-0.39, 0.29) is 11.8 Å². The Morgan fingerprint density at radius 3 is 3.13 bits per heavy atom. The third-order valence-electron chi connectivity index (χ3n) is 2.42. The van der Waals surface area contributed by atoms with Crippen LogP contribution < -0.4 is 10.2 Å². The highest BCUT2D eigenvalue weighted by atomic mass is 16.5. The lowest BCUT2D eigenvalue weighted by Gasteiger charge is -2.17. The van der Waals surface area contributed by atoms with Crippen LogP contribution in [0, 0.1) is 0 Å². The maximum atomic E-state index is 11.5. The van der Waals surface area contributed by atoms with Crippen LogP contribution in [-0.2, 0) is 4.79 Å². The van der Waals surface area contributed by atoms with Crippen LogP contribution in [0.5, 0.6) is 5.75 Å². The third kappa shape index (κ3) is 1.98. The largest absolute Gasteiger partial charge is 0.497 e. The predicted molar refractivity (Wildman–Crippen MR) is 57.0 cm³/mol. The van der Waals surface area contributed by atoms with E-state index in [0.29, 0.717) is 6.42 Å². The lowest BCUT2D eigenvalue weighted by Crippen LogP contribution is -2.29. The van der Waals surface area contributed by atoms with Gasteiger partial charge in [0.2, 0.25) is 5.91 Å². The van der Waals surface area contributed by atoms with Gasteiger partial charge in [-0.3, -0.25) is 4.79 Å². The van der Waals surface area contributed by atoms with Crippen molar-refractivity contribution < 1.29 is 9.53 Å². The Hall–Kier alpha value is -1.84. The second kappa shape index (κ2) is 4.13. The number of rotatable bonds is 2. The van der Waals surface area contributed by atoms with Gasteiger partial charge < -0.3 is 4.74 Å². The summed E-state index contributed by atoms with van der Waals surface area (Å²) in [5.74, 6) is 0.547. The molecule has 0 spiro atoms. The summed E-state index contributed by atoms with van der Waals surface area (Å²) in [6.07, 6.45) is 2.35. The van der Waals surface area contributed by atoms with Crippen LogP contribution in [0.25, 0.3) is 0 Å². The third-order valence-corrected chi connectivity index (χ3v) is 2.42. The van der Waals surface area contributed by atoms with Gasteiger partial charge in [0.25, 0.3) is 0 Å². The summed E-state index contributed by atoms with van der Waals surface area (Å²) in [7, 11) is 1.61. The molecule has 1 aromatic rings. The first-order chi connectivity index (χ1) is 7.31. The zero-order chi connectivity index (χ0) is 10.7. The van der Waals surface area contributed by atoms with Gasteiger partial charge in [0.05, 0.1) is 13.0 Å². The summed E-state index contributed by atoms with van der Waals surface area (Å²) >= 11 is 0. The SMILES string of the molecule is COc1cccc(C2CC=NNC2=O)c1. The zero-order valence-corrected chi connectivity index (χ0v) is 8.43. The van der Waals surface area contributed by atoms with E-state index in [4.69, 9.17) is 4.74 Å². The lowest BCUT2D eigenvalue weighted by atomic mass is 9.95. The van der Waals surface area contributed by atoms with Gasteiger partial charge in [-0.05, 0) is 17.7 Å². The molecule has 1 amide bonds. The monoisotopic (exact) mass is 204 g/mol. The van der Waals surface area contributed by atoms with Gasteiger partial charge in [0, 0.05) is 12.6 Å². The average molecular weight is 204 g/mol. The van der Waals surface area contributed by atoms with E-state index in [1.165, 1.54) is 0 Å². The van der Waals surface area contributed by atoms with Crippen LogP contribution in [-0.4, -0.2) is 19.2 Å². The fourth-order valence-electron chi connectivity index (χ4n) is 1.60. The first kappa shape index (κ1) is 9.71. The van der Waals surface area contributed by atoms with Gasteiger partial charge in [0.1, 0.15) is 5.75 Å². The van der Waals surface area contributed by atoms with Crippen molar-refractivity contribution in [2.24, 2.45) is 5.10 Å². The molecule has 1 unspecified atom stereocenters. The molecule has 4 nitrogen and oxygen atoms in total. The fraction of sp³-hybridized carbons (Fsp3) is 0.273. The molecule has 1 atom stereocenters. The molecule has 78 valence electrons. The first-order valence-electron chi connectivity index (χ1n) is 4.76. The summed E-state index contributed by atoms with van der Waals surface area (Å²) in [5, 5.41) is 3.72. The molecule has 0 aromatic heterocycles. The van der Waals surface area contributed by atoms with Crippen LogP contribution >= 0.6 is 0 Å². The first-order valence-corrected chi connectivity index (χ1v) is 4.76. The topological polar surface area (TPSA) is 50.7 Å². The van der Waals surface area contributed by atoms with E-state index in [2.05, 4.69) is 10.5 Å². The summed E-state index contributed by atoms with van der Waals surface area (Å²) < 4.78 is 5.12. The quantitative estimate of drug-likeness (QED) is 0.789. The number of benzene rings is 1. The molecular weight excluding hydrogens is 192 g/mol. The molecule has 2 rings (SSSR count). The van der Waals surface area contributed by atoms with Gasteiger partial charge in [-0.15, -0.1) is 0 Å². The number of hydrazone groups is 1. The molecule has 0 aliphatic carbocycles. The van der Waals surface area contributed by atoms with Crippen molar-refractivity contribution in [2.45, 2.75) is 12.3 Å². The molecule has 0 saturated heterocycles. The van der Waals surface area contributed by atoms with E-state index < -0.39 is 0 Å². The van der Waals surface area contributed by atoms with Gasteiger partial charge in [0.15, 0.2) is 0 Å². The number of ether oxygens (including phenoxy) is 1. The second-order valence-electron chi connectivity index (χ2n) is 3.35. The molecule has 0 saturated carbocycles. The number of amides is 1. The Morgan fingerprint density at radius 2 is 2.40 bits per heavy atom. The number of hydrogen-bond donors (Lipinski definition) is 1. The maximum absolute atomic E-state index is 11.5. The van der Waals surface area contributed by atoms with Crippen molar-refractivity contribution in [2.75, 3.05) is 7.11 Å². The van der Waals surface area contributed by atoms with Crippen molar-refractivity contribution in [1.29, 1.82) is 0 Å².